The van der Waals surface area contributed by atoms with E-state index in [0.717, 1.165) is 5.92 Å². The predicted octanol–water partition coefficient (Wildman–Crippen LogP) is 2.79. The van der Waals surface area contributed by atoms with Crippen molar-refractivity contribution in [2.24, 2.45) is 5.41 Å². The molecule has 0 aromatic heterocycles. The van der Waals surface area contributed by atoms with Crippen LogP contribution in [0.25, 0.3) is 0 Å². The zero-order valence-corrected chi connectivity index (χ0v) is 10.8. The molecule has 1 saturated heterocycles. The van der Waals surface area contributed by atoms with Crippen LogP contribution in [0.5, 0.6) is 0 Å². The molecule has 3 nitrogen and oxygen atoms in total. The normalized spacial score (nSPS) is 20.4. The second-order valence-electron chi connectivity index (χ2n) is 5.42. The SMILES string of the molecule is O=C(O)C(F)(F)F.c1ccc(C2CC3(CNC3)C2)cc1. The molecule has 0 bridgehead atoms. The fourth-order valence-corrected chi connectivity index (χ4v) is 2.71. The van der Waals surface area contributed by atoms with Gasteiger partial charge in [0, 0.05) is 13.1 Å². The molecule has 20 heavy (non-hydrogen) atoms. The fraction of sp³-hybridized carbons (Fsp3) is 0.500. The highest BCUT2D eigenvalue weighted by Gasteiger charge is 2.48. The van der Waals surface area contributed by atoms with Gasteiger partial charge in [0.1, 0.15) is 0 Å². The molecule has 1 aromatic carbocycles. The molecule has 110 valence electrons. The zero-order chi connectivity index (χ0) is 14.8. The molecule has 1 aromatic rings. The van der Waals surface area contributed by atoms with Gasteiger partial charge < -0.3 is 10.4 Å². The standard InChI is InChI=1S/C12H15N.C2HF3O2/c1-2-4-10(5-3-1)11-6-12(7-11)8-13-9-12;3-2(4,5)1(6)7/h1-5,11,13H,6-9H2;(H,6,7). The van der Waals surface area contributed by atoms with E-state index in [1.807, 2.05) is 0 Å². The molecule has 0 radical (unpaired) electrons. The topological polar surface area (TPSA) is 49.3 Å². The lowest BCUT2D eigenvalue weighted by atomic mass is 9.57. The predicted molar refractivity (Wildman–Crippen MR) is 67.4 cm³/mol. The van der Waals surface area contributed by atoms with Crippen LogP contribution in [0.15, 0.2) is 30.3 Å². The van der Waals surface area contributed by atoms with Crippen LogP contribution in [0.2, 0.25) is 0 Å². The van der Waals surface area contributed by atoms with Crippen molar-refractivity contribution in [2.75, 3.05) is 13.1 Å². The van der Waals surface area contributed by atoms with Crippen molar-refractivity contribution in [2.45, 2.75) is 24.9 Å². The number of alkyl halides is 3. The smallest absolute Gasteiger partial charge is 0.475 e. The Morgan fingerprint density at radius 3 is 2.05 bits per heavy atom. The summed E-state index contributed by atoms with van der Waals surface area (Å²) in [6.45, 7) is 2.52. The van der Waals surface area contributed by atoms with Gasteiger partial charge in [-0.3, -0.25) is 0 Å². The number of rotatable bonds is 1. The summed E-state index contributed by atoms with van der Waals surface area (Å²) in [5.41, 5.74) is 2.25. The Bertz CT molecular complexity index is 461. The largest absolute Gasteiger partial charge is 0.490 e. The Balaban J connectivity index is 0.000000182. The molecule has 1 aliphatic carbocycles. The number of benzene rings is 1. The molecule has 2 N–H and O–H groups in total. The van der Waals surface area contributed by atoms with Crippen molar-refractivity contribution in [3.8, 4) is 0 Å². The van der Waals surface area contributed by atoms with E-state index in [2.05, 4.69) is 35.6 Å². The van der Waals surface area contributed by atoms with Gasteiger partial charge in [-0.25, -0.2) is 4.79 Å². The monoisotopic (exact) mass is 287 g/mol. The number of halogens is 3. The minimum Gasteiger partial charge on any atom is -0.475 e. The van der Waals surface area contributed by atoms with Gasteiger partial charge in [-0.2, -0.15) is 13.2 Å². The lowest BCUT2D eigenvalue weighted by Gasteiger charge is -2.54. The van der Waals surface area contributed by atoms with Gasteiger partial charge in [0.25, 0.3) is 0 Å². The highest BCUT2D eigenvalue weighted by molar-refractivity contribution is 5.73. The first-order valence-electron chi connectivity index (χ1n) is 6.38. The first-order valence-corrected chi connectivity index (χ1v) is 6.38. The molecule has 1 aliphatic heterocycles. The quantitative estimate of drug-likeness (QED) is 0.835. The molecule has 1 spiro atoms. The van der Waals surface area contributed by atoms with Crippen LogP contribution in [0, 0.1) is 5.41 Å². The Morgan fingerprint density at radius 1 is 1.20 bits per heavy atom. The van der Waals surface area contributed by atoms with Crippen LogP contribution in [0.4, 0.5) is 13.2 Å². The van der Waals surface area contributed by atoms with E-state index in [4.69, 9.17) is 9.90 Å². The third kappa shape index (κ3) is 3.30. The zero-order valence-electron chi connectivity index (χ0n) is 10.8. The van der Waals surface area contributed by atoms with E-state index >= 15 is 0 Å². The summed E-state index contributed by atoms with van der Waals surface area (Å²) >= 11 is 0. The maximum atomic E-state index is 10.6. The summed E-state index contributed by atoms with van der Waals surface area (Å²) in [5, 5.41) is 10.5. The number of hydrogen-bond donors (Lipinski definition) is 2. The molecule has 3 rings (SSSR count). The van der Waals surface area contributed by atoms with Gasteiger partial charge in [-0.1, -0.05) is 30.3 Å². The summed E-state index contributed by atoms with van der Waals surface area (Å²) in [4.78, 5) is 8.90. The average Bonchev–Trinajstić information content (AvgIpc) is 2.26. The summed E-state index contributed by atoms with van der Waals surface area (Å²) in [6.07, 6.45) is -2.27. The van der Waals surface area contributed by atoms with Crippen LogP contribution in [0.3, 0.4) is 0 Å². The number of carboxylic acids is 1. The van der Waals surface area contributed by atoms with Crippen molar-refractivity contribution in [1.29, 1.82) is 0 Å². The lowest BCUT2D eigenvalue weighted by molar-refractivity contribution is -0.192. The Labute approximate surface area is 114 Å². The molecule has 1 heterocycles. The molecular weight excluding hydrogens is 271 g/mol. The van der Waals surface area contributed by atoms with E-state index in [1.54, 1.807) is 5.56 Å². The number of hydrogen-bond acceptors (Lipinski definition) is 2. The Morgan fingerprint density at radius 2 is 1.70 bits per heavy atom. The molecule has 1 saturated carbocycles. The summed E-state index contributed by atoms with van der Waals surface area (Å²) in [6, 6.07) is 10.9. The maximum absolute atomic E-state index is 10.6. The van der Waals surface area contributed by atoms with Crippen molar-refractivity contribution in [3.05, 3.63) is 35.9 Å². The average molecular weight is 287 g/mol. The van der Waals surface area contributed by atoms with Crippen molar-refractivity contribution in [1.82, 2.24) is 5.32 Å². The molecule has 0 atom stereocenters. The lowest BCUT2D eigenvalue weighted by Crippen LogP contribution is -2.59. The second kappa shape index (κ2) is 5.44. The Kier molecular flexibility index (Phi) is 4.04. The third-order valence-corrected chi connectivity index (χ3v) is 3.87. The number of nitrogens with one attached hydrogen (secondary N) is 1. The molecule has 2 aliphatic rings. The van der Waals surface area contributed by atoms with E-state index in [9.17, 15) is 13.2 Å². The van der Waals surface area contributed by atoms with Gasteiger partial charge in [-0.05, 0) is 29.7 Å². The molecule has 6 heteroatoms. The first-order chi connectivity index (χ1) is 9.32. The first kappa shape index (κ1) is 14.8. The summed E-state index contributed by atoms with van der Waals surface area (Å²) in [5.74, 6) is -1.91. The molecule has 0 unspecified atom stereocenters. The number of carbonyl (C=O) groups is 1. The maximum Gasteiger partial charge on any atom is 0.490 e. The van der Waals surface area contributed by atoms with Crippen molar-refractivity contribution < 1.29 is 23.1 Å². The van der Waals surface area contributed by atoms with Gasteiger partial charge in [-0.15, -0.1) is 0 Å². The van der Waals surface area contributed by atoms with Crippen LogP contribution < -0.4 is 5.32 Å². The minimum absolute atomic E-state index is 0.709. The summed E-state index contributed by atoms with van der Waals surface area (Å²) < 4.78 is 31.7. The van der Waals surface area contributed by atoms with Gasteiger partial charge in [0.2, 0.25) is 0 Å². The van der Waals surface area contributed by atoms with Gasteiger partial charge in [0.15, 0.2) is 0 Å². The molecular formula is C14H16F3NO2. The Hall–Kier alpha value is -1.56. The van der Waals surface area contributed by atoms with Gasteiger partial charge >= 0.3 is 12.1 Å². The van der Waals surface area contributed by atoms with Crippen LogP contribution in [-0.2, 0) is 4.79 Å². The second-order valence-corrected chi connectivity index (χ2v) is 5.42. The van der Waals surface area contributed by atoms with E-state index in [1.165, 1.54) is 25.9 Å². The molecule has 0 amide bonds. The fourth-order valence-electron chi connectivity index (χ4n) is 2.71. The van der Waals surface area contributed by atoms with Crippen LogP contribution in [-0.4, -0.2) is 30.3 Å². The van der Waals surface area contributed by atoms with Crippen LogP contribution in [0.1, 0.15) is 24.3 Å². The number of aliphatic carboxylic acids is 1. The highest BCUT2D eigenvalue weighted by Crippen LogP contribution is 2.53. The van der Waals surface area contributed by atoms with E-state index in [0.29, 0.717) is 5.41 Å². The van der Waals surface area contributed by atoms with E-state index in [-0.39, 0.29) is 0 Å². The summed E-state index contributed by atoms with van der Waals surface area (Å²) in [7, 11) is 0. The van der Waals surface area contributed by atoms with Crippen molar-refractivity contribution >= 4 is 5.97 Å². The van der Waals surface area contributed by atoms with Gasteiger partial charge in [0.05, 0.1) is 0 Å². The van der Waals surface area contributed by atoms with Crippen LogP contribution >= 0.6 is 0 Å². The minimum atomic E-state index is -5.08. The molecule has 2 fully saturated rings. The van der Waals surface area contributed by atoms with E-state index < -0.39 is 12.1 Å². The van der Waals surface area contributed by atoms with Crippen molar-refractivity contribution in [3.63, 3.8) is 0 Å². The highest BCUT2D eigenvalue weighted by atomic mass is 19.4. The number of carboxylic acid groups (broad SMARTS) is 1. The third-order valence-electron chi connectivity index (χ3n) is 3.87.